The van der Waals surface area contributed by atoms with Crippen molar-refractivity contribution in [3.05, 3.63) is 43.4 Å². The third-order valence-electron chi connectivity index (χ3n) is 1.12. The van der Waals surface area contributed by atoms with Gasteiger partial charge in [0, 0.05) is 0 Å². The van der Waals surface area contributed by atoms with Crippen LogP contribution in [0.3, 0.4) is 0 Å². The first-order valence-corrected chi connectivity index (χ1v) is 3.64. The predicted molar refractivity (Wildman–Crippen MR) is 47.7 cm³/mol. The van der Waals surface area contributed by atoms with Gasteiger partial charge in [-0.25, -0.2) is 0 Å². The Morgan fingerprint density at radius 1 is 1.10 bits per heavy atom. The largest absolute Gasteiger partial charge is 0.0917 e. The number of unbranched alkanes of at least 4 members (excludes halogenated alkanes) is 1. The lowest BCUT2D eigenvalue weighted by atomic mass is 10.2. The highest BCUT2D eigenvalue weighted by Crippen LogP contribution is 1.92. The molecule has 0 amide bonds. The minimum absolute atomic E-state index is 1.12. The highest BCUT2D eigenvalue weighted by atomic mass is 13.8. The molecule has 0 aromatic rings. The first-order valence-electron chi connectivity index (χ1n) is 3.64. The topological polar surface area (TPSA) is 0 Å². The summed E-state index contributed by atoms with van der Waals surface area (Å²) in [5.74, 6) is 0. The van der Waals surface area contributed by atoms with Crippen LogP contribution in [-0.4, -0.2) is 0 Å². The van der Waals surface area contributed by atoms with Crippen LogP contribution in [0.1, 0.15) is 19.8 Å². The van der Waals surface area contributed by atoms with Crippen molar-refractivity contribution in [2.45, 2.75) is 19.8 Å². The van der Waals surface area contributed by atoms with Crippen molar-refractivity contribution < 1.29 is 0 Å². The van der Waals surface area contributed by atoms with E-state index >= 15 is 0 Å². The maximum absolute atomic E-state index is 3.57. The molecule has 0 atom stereocenters. The van der Waals surface area contributed by atoms with Gasteiger partial charge < -0.3 is 0 Å². The molecule has 1 radical (unpaired) electrons. The molecule has 0 aromatic carbocycles. The van der Waals surface area contributed by atoms with Crippen molar-refractivity contribution in [3.63, 3.8) is 0 Å². The summed E-state index contributed by atoms with van der Waals surface area (Å²) < 4.78 is 0. The van der Waals surface area contributed by atoms with Crippen molar-refractivity contribution in [3.8, 4) is 0 Å². The van der Waals surface area contributed by atoms with Gasteiger partial charge in [-0.1, -0.05) is 36.5 Å². The lowest BCUT2D eigenvalue weighted by molar-refractivity contribution is 1.05. The summed E-state index contributed by atoms with van der Waals surface area (Å²) in [5, 5.41) is 0. The van der Waals surface area contributed by atoms with E-state index in [1.165, 1.54) is 0 Å². The van der Waals surface area contributed by atoms with E-state index < -0.39 is 0 Å². The Balaban J connectivity index is 3.18. The van der Waals surface area contributed by atoms with Gasteiger partial charge in [0.1, 0.15) is 0 Å². The number of rotatable bonds is 4. The quantitative estimate of drug-likeness (QED) is 0.315. The van der Waals surface area contributed by atoms with Gasteiger partial charge in [0.05, 0.1) is 0 Å². The van der Waals surface area contributed by atoms with Crippen LogP contribution in [0.2, 0.25) is 0 Å². The summed E-state index contributed by atoms with van der Waals surface area (Å²) in [6.45, 7) is 5.62. The second-order valence-electron chi connectivity index (χ2n) is 2.00. The van der Waals surface area contributed by atoms with Gasteiger partial charge >= 0.3 is 0 Å². The summed E-state index contributed by atoms with van der Waals surface area (Å²) in [4.78, 5) is 0. The zero-order chi connectivity index (χ0) is 7.66. The van der Waals surface area contributed by atoms with Gasteiger partial charge in [-0.15, -0.1) is 0 Å². The van der Waals surface area contributed by atoms with E-state index in [2.05, 4.69) is 25.2 Å². The summed E-state index contributed by atoms with van der Waals surface area (Å²) in [7, 11) is 0. The van der Waals surface area contributed by atoms with Crippen LogP contribution in [0, 0.1) is 6.92 Å². The number of allylic oxidation sites excluding steroid dienone is 6. The molecule has 0 rings (SSSR count). The smallest absolute Gasteiger partial charge is 0.0313 e. The summed E-state index contributed by atoms with van der Waals surface area (Å²) in [5.41, 5.74) is 0. The van der Waals surface area contributed by atoms with Gasteiger partial charge in [0.2, 0.25) is 0 Å². The van der Waals surface area contributed by atoms with E-state index in [0.717, 1.165) is 12.8 Å². The van der Waals surface area contributed by atoms with Gasteiger partial charge in [-0.2, -0.15) is 0 Å². The molecule has 0 bridgehead atoms. The third-order valence-corrected chi connectivity index (χ3v) is 1.12. The second kappa shape index (κ2) is 8.22. The molecule has 0 aliphatic carbocycles. The van der Waals surface area contributed by atoms with Gasteiger partial charge in [0.15, 0.2) is 0 Å². The Morgan fingerprint density at radius 2 is 1.80 bits per heavy atom. The Kier molecular flexibility index (Phi) is 7.58. The molecule has 0 aromatic heterocycles. The normalized spacial score (nSPS) is 12.6. The summed E-state index contributed by atoms with van der Waals surface area (Å²) >= 11 is 0. The molecule has 0 N–H and O–H groups in total. The third kappa shape index (κ3) is 7.22. The van der Waals surface area contributed by atoms with Gasteiger partial charge in [0.25, 0.3) is 0 Å². The number of hydrogen-bond acceptors (Lipinski definition) is 0. The fourth-order valence-corrected chi connectivity index (χ4v) is 0.612. The predicted octanol–water partition coefficient (Wildman–Crippen LogP) is 3.29. The Hall–Kier alpha value is -0.780. The molecule has 0 aliphatic heterocycles. The number of hydrogen-bond donors (Lipinski definition) is 0. The highest BCUT2D eigenvalue weighted by Gasteiger charge is 1.71. The average Bonchev–Trinajstić information content (AvgIpc) is 1.97. The van der Waals surface area contributed by atoms with E-state index in [0.29, 0.717) is 0 Å². The fraction of sp³-hybridized carbons (Fsp3) is 0.300. The van der Waals surface area contributed by atoms with Gasteiger partial charge in [-0.3, -0.25) is 0 Å². The van der Waals surface area contributed by atoms with Crippen LogP contribution >= 0.6 is 0 Å². The van der Waals surface area contributed by atoms with Crippen LogP contribution in [0.15, 0.2) is 36.5 Å². The van der Waals surface area contributed by atoms with E-state index in [-0.39, 0.29) is 0 Å². The van der Waals surface area contributed by atoms with Crippen LogP contribution in [0.5, 0.6) is 0 Å². The maximum atomic E-state index is 3.57. The summed E-state index contributed by atoms with van der Waals surface area (Å²) in [6.07, 6.45) is 14.4. The molecule has 0 saturated carbocycles. The lowest BCUT2D eigenvalue weighted by Gasteiger charge is -1.82. The molecule has 0 unspecified atom stereocenters. The van der Waals surface area contributed by atoms with Crippen LogP contribution in [-0.2, 0) is 0 Å². The monoisotopic (exact) mass is 135 g/mol. The molecule has 10 heavy (non-hydrogen) atoms. The Bertz CT molecular complexity index is 127. The van der Waals surface area contributed by atoms with Crippen LogP contribution in [0.4, 0.5) is 0 Å². The van der Waals surface area contributed by atoms with Crippen LogP contribution in [0.25, 0.3) is 0 Å². The van der Waals surface area contributed by atoms with E-state index in [1.807, 2.05) is 19.1 Å². The van der Waals surface area contributed by atoms with E-state index in [1.54, 1.807) is 6.08 Å². The van der Waals surface area contributed by atoms with Gasteiger partial charge in [-0.05, 0) is 26.7 Å². The van der Waals surface area contributed by atoms with Crippen molar-refractivity contribution in [2.24, 2.45) is 0 Å². The van der Waals surface area contributed by atoms with Crippen molar-refractivity contribution in [2.75, 3.05) is 0 Å². The Morgan fingerprint density at radius 3 is 2.40 bits per heavy atom. The van der Waals surface area contributed by atoms with Crippen molar-refractivity contribution in [1.29, 1.82) is 0 Å². The zero-order valence-corrected chi connectivity index (χ0v) is 6.59. The van der Waals surface area contributed by atoms with Crippen LogP contribution < -0.4 is 0 Å². The fourth-order valence-electron chi connectivity index (χ4n) is 0.612. The SMILES string of the molecule is [CH2]/C=C/C=C/CC/C=C/C. The molecule has 0 fully saturated rings. The Labute approximate surface area is 64.0 Å². The molecule has 55 valence electrons. The molecule has 0 spiro atoms. The van der Waals surface area contributed by atoms with Crippen molar-refractivity contribution >= 4 is 0 Å². The second-order valence-corrected chi connectivity index (χ2v) is 2.00. The average molecular weight is 135 g/mol. The van der Waals surface area contributed by atoms with E-state index in [9.17, 15) is 0 Å². The molecule has 0 nitrogen and oxygen atoms in total. The minimum atomic E-state index is 1.12. The van der Waals surface area contributed by atoms with Crippen molar-refractivity contribution in [1.82, 2.24) is 0 Å². The highest BCUT2D eigenvalue weighted by molar-refractivity contribution is 5.03. The van der Waals surface area contributed by atoms with E-state index in [4.69, 9.17) is 0 Å². The maximum Gasteiger partial charge on any atom is -0.0313 e. The minimum Gasteiger partial charge on any atom is -0.0917 e. The molecule has 0 aliphatic rings. The first kappa shape index (κ1) is 9.22. The lowest BCUT2D eigenvalue weighted by Crippen LogP contribution is -1.61. The molecular formula is C10H15. The first-order chi connectivity index (χ1) is 4.91. The summed E-state index contributed by atoms with van der Waals surface area (Å²) in [6, 6.07) is 0. The molecule has 0 heterocycles. The molecule has 0 saturated heterocycles. The molecule has 0 heteroatoms. The zero-order valence-electron chi connectivity index (χ0n) is 6.59. The standard InChI is InChI=1S/C10H15/c1-3-5-7-9-10-8-6-4-2/h3-7,9H,1,8,10H2,2H3/b5-3+,6-4+,9-7+. The molecular weight excluding hydrogens is 120 g/mol.